The van der Waals surface area contributed by atoms with Gasteiger partial charge in [-0.2, -0.15) is 0 Å². The van der Waals surface area contributed by atoms with Crippen LogP contribution in [0.1, 0.15) is 21.7 Å². The Morgan fingerprint density at radius 1 is 1.27 bits per heavy atom. The number of hydrogen-bond donors (Lipinski definition) is 1. The molecular weight excluding hydrogens is 289 g/mol. The van der Waals surface area contributed by atoms with Gasteiger partial charge < -0.3 is 14.5 Å². The Morgan fingerprint density at radius 3 is 2.73 bits per heavy atom. The van der Waals surface area contributed by atoms with Gasteiger partial charge in [0.25, 0.3) is 5.91 Å². The Balaban J connectivity index is 1.71. The fraction of sp³-hybridized carbons (Fsp3) is 0.250. The topological polar surface area (TPSA) is 68.5 Å². The molecule has 0 aliphatic heterocycles. The highest BCUT2D eigenvalue weighted by Gasteiger charge is 2.14. The van der Waals surface area contributed by atoms with Gasteiger partial charge in [-0.1, -0.05) is 18.2 Å². The molecule has 1 aromatic carbocycles. The third-order valence-corrected chi connectivity index (χ3v) is 3.09. The van der Waals surface area contributed by atoms with E-state index in [0.29, 0.717) is 23.3 Å². The van der Waals surface area contributed by atoms with Crippen LogP contribution in [0.25, 0.3) is 0 Å². The third-order valence-electron chi connectivity index (χ3n) is 3.09. The molecule has 6 heteroatoms. The first-order valence-corrected chi connectivity index (χ1v) is 6.79. The Kier molecular flexibility index (Phi) is 5.30. The summed E-state index contributed by atoms with van der Waals surface area (Å²) in [5, 5.41) is 2.57. The van der Waals surface area contributed by atoms with Crippen LogP contribution in [-0.4, -0.2) is 25.0 Å². The molecule has 0 fully saturated rings. The van der Waals surface area contributed by atoms with Gasteiger partial charge in [0.1, 0.15) is 17.1 Å². The van der Waals surface area contributed by atoms with E-state index in [1.54, 1.807) is 25.1 Å². The molecule has 0 saturated carbocycles. The molecule has 2 rings (SSSR count). The summed E-state index contributed by atoms with van der Waals surface area (Å²) in [6.45, 7) is 1.51. The molecule has 0 atom stereocenters. The summed E-state index contributed by atoms with van der Waals surface area (Å²) in [6, 6.07) is 7.84. The predicted octanol–water partition coefficient (Wildman–Crippen LogP) is 2.24. The number of benzene rings is 1. The van der Waals surface area contributed by atoms with E-state index >= 15 is 0 Å². The normalized spacial score (nSPS) is 10.3. The van der Waals surface area contributed by atoms with E-state index in [9.17, 15) is 14.0 Å². The van der Waals surface area contributed by atoms with Crippen molar-refractivity contribution in [2.45, 2.75) is 13.3 Å². The summed E-state index contributed by atoms with van der Waals surface area (Å²) in [7, 11) is 0. The lowest BCUT2D eigenvalue weighted by Gasteiger charge is -2.07. The standard InChI is InChI=1S/C16H16FNO4/c1-11-13(7-9-21-11)16(20)22-10-15(19)18-8-6-12-4-2-3-5-14(12)17/h2-5,7,9H,6,8,10H2,1H3,(H,18,19). The molecular formula is C16H16FNO4. The van der Waals surface area contributed by atoms with E-state index in [-0.39, 0.29) is 19.0 Å². The minimum atomic E-state index is -0.615. The van der Waals surface area contributed by atoms with Gasteiger partial charge in [-0.3, -0.25) is 4.79 Å². The molecule has 1 amide bonds. The lowest BCUT2D eigenvalue weighted by molar-refractivity contribution is -0.124. The van der Waals surface area contributed by atoms with Crippen LogP contribution >= 0.6 is 0 Å². The number of hydrogen-bond acceptors (Lipinski definition) is 4. The lowest BCUT2D eigenvalue weighted by atomic mass is 10.1. The van der Waals surface area contributed by atoms with Crippen molar-refractivity contribution in [2.75, 3.05) is 13.2 Å². The highest BCUT2D eigenvalue weighted by molar-refractivity contribution is 5.92. The summed E-state index contributed by atoms with van der Waals surface area (Å²) in [5.41, 5.74) is 0.813. The number of furan rings is 1. The van der Waals surface area contributed by atoms with Gasteiger partial charge in [0.05, 0.1) is 6.26 Å². The smallest absolute Gasteiger partial charge is 0.342 e. The van der Waals surface area contributed by atoms with Crippen LogP contribution in [0.4, 0.5) is 4.39 Å². The molecule has 2 aromatic rings. The van der Waals surface area contributed by atoms with Gasteiger partial charge in [-0.25, -0.2) is 9.18 Å². The molecule has 1 aromatic heterocycles. The van der Waals surface area contributed by atoms with Gasteiger partial charge in [0, 0.05) is 6.54 Å². The molecule has 5 nitrogen and oxygen atoms in total. The van der Waals surface area contributed by atoms with Crippen molar-refractivity contribution >= 4 is 11.9 Å². The summed E-state index contributed by atoms with van der Waals surface area (Å²) in [4.78, 5) is 23.2. The van der Waals surface area contributed by atoms with Gasteiger partial charge in [-0.05, 0) is 31.0 Å². The fourth-order valence-electron chi connectivity index (χ4n) is 1.89. The molecule has 0 saturated heterocycles. The average Bonchev–Trinajstić information content (AvgIpc) is 2.93. The predicted molar refractivity (Wildman–Crippen MR) is 76.8 cm³/mol. The number of halogens is 1. The Bertz CT molecular complexity index is 666. The first kappa shape index (κ1) is 15.8. The molecule has 0 aliphatic carbocycles. The summed E-state index contributed by atoms with van der Waals surface area (Å²) in [6.07, 6.45) is 1.74. The second kappa shape index (κ2) is 7.40. The van der Waals surface area contributed by atoms with E-state index < -0.39 is 11.9 Å². The zero-order valence-corrected chi connectivity index (χ0v) is 12.1. The van der Waals surface area contributed by atoms with Crippen LogP contribution < -0.4 is 5.32 Å². The number of esters is 1. The van der Waals surface area contributed by atoms with Gasteiger partial charge in [-0.15, -0.1) is 0 Å². The van der Waals surface area contributed by atoms with Crippen LogP contribution in [0, 0.1) is 12.7 Å². The van der Waals surface area contributed by atoms with Crippen LogP contribution in [0.2, 0.25) is 0 Å². The summed E-state index contributed by atoms with van der Waals surface area (Å²) >= 11 is 0. The molecule has 0 spiro atoms. The molecule has 22 heavy (non-hydrogen) atoms. The van der Waals surface area contributed by atoms with Crippen molar-refractivity contribution in [3.63, 3.8) is 0 Å². The summed E-state index contributed by atoms with van der Waals surface area (Å²) < 4.78 is 23.2. The fourth-order valence-corrected chi connectivity index (χ4v) is 1.89. The van der Waals surface area contributed by atoms with Crippen molar-refractivity contribution in [2.24, 2.45) is 0 Å². The van der Waals surface area contributed by atoms with Crippen molar-refractivity contribution < 1.29 is 23.1 Å². The van der Waals surface area contributed by atoms with Crippen LogP contribution in [0.5, 0.6) is 0 Å². The van der Waals surface area contributed by atoms with E-state index in [0.717, 1.165) is 0 Å². The number of nitrogens with one attached hydrogen (secondary N) is 1. The van der Waals surface area contributed by atoms with Crippen LogP contribution in [0.3, 0.4) is 0 Å². The molecule has 1 N–H and O–H groups in total. The molecule has 1 heterocycles. The highest BCUT2D eigenvalue weighted by Crippen LogP contribution is 2.10. The Labute approximate surface area is 127 Å². The molecule has 0 bridgehead atoms. The first-order valence-electron chi connectivity index (χ1n) is 6.79. The number of aryl methyl sites for hydroxylation is 1. The third kappa shape index (κ3) is 4.18. The second-order valence-electron chi connectivity index (χ2n) is 4.66. The zero-order chi connectivity index (χ0) is 15.9. The SMILES string of the molecule is Cc1occc1C(=O)OCC(=O)NCCc1ccccc1F. The number of ether oxygens (including phenoxy) is 1. The van der Waals surface area contributed by atoms with Crippen molar-refractivity contribution in [3.05, 3.63) is 59.3 Å². The Morgan fingerprint density at radius 2 is 2.05 bits per heavy atom. The first-order chi connectivity index (χ1) is 10.6. The van der Waals surface area contributed by atoms with Gasteiger partial charge in [0.2, 0.25) is 0 Å². The maximum atomic E-state index is 13.4. The number of carbonyl (C=O) groups excluding carboxylic acids is 2. The highest BCUT2D eigenvalue weighted by atomic mass is 19.1. The molecule has 0 unspecified atom stereocenters. The van der Waals surface area contributed by atoms with Crippen LogP contribution in [0.15, 0.2) is 41.0 Å². The molecule has 116 valence electrons. The number of amides is 1. The number of carbonyl (C=O) groups is 2. The maximum absolute atomic E-state index is 13.4. The second-order valence-corrected chi connectivity index (χ2v) is 4.66. The molecule has 0 aliphatic rings. The maximum Gasteiger partial charge on any atom is 0.342 e. The zero-order valence-electron chi connectivity index (χ0n) is 12.1. The van der Waals surface area contributed by atoms with E-state index in [2.05, 4.69) is 5.32 Å². The monoisotopic (exact) mass is 305 g/mol. The number of rotatable bonds is 6. The Hall–Kier alpha value is -2.63. The minimum absolute atomic E-state index is 0.266. The van der Waals surface area contributed by atoms with Crippen molar-refractivity contribution in [1.29, 1.82) is 0 Å². The lowest BCUT2D eigenvalue weighted by Crippen LogP contribution is -2.30. The van der Waals surface area contributed by atoms with E-state index in [1.165, 1.54) is 18.4 Å². The van der Waals surface area contributed by atoms with E-state index in [4.69, 9.17) is 9.15 Å². The minimum Gasteiger partial charge on any atom is -0.469 e. The van der Waals surface area contributed by atoms with Crippen molar-refractivity contribution in [3.8, 4) is 0 Å². The average molecular weight is 305 g/mol. The summed E-state index contributed by atoms with van der Waals surface area (Å²) in [5.74, 6) is -0.926. The van der Waals surface area contributed by atoms with Gasteiger partial charge >= 0.3 is 5.97 Å². The quantitative estimate of drug-likeness (QED) is 0.831. The van der Waals surface area contributed by atoms with Gasteiger partial charge in [0.15, 0.2) is 6.61 Å². The van der Waals surface area contributed by atoms with Crippen LogP contribution in [-0.2, 0) is 16.0 Å². The van der Waals surface area contributed by atoms with E-state index in [1.807, 2.05) is 0 Å². The molecule has 0 radical (unpaired) electrons. The van der Waals surface area contributed by atoms with Crippen molar-refractivity contribution in [1.82, 2.24) is 5.32 Å². The largest absolute Gasteiger partial charge is 0.469 e.